The van der Waals surface area contributed by atoms with Crippen molar-refractivity contribution in [1.82, 2.24) is 10.2 Å². The molecule has 1 aromatic carbocycles. The molecule has 0 aliphatic rings. The third-order valence-electron chi connectivity index (χ3n) is 4.07. The van der Waals surface area contributed by atoms with Crippen LogP contribution in [0.15, 0.2) is 24.3 Å². The third kappa shape index (κ3) is 4.29. The summed E-state index contributed by atoms with van der Waals surface area (Å²) in [5.74, 6) is 0.761. The van der Waals surface area contributed by atoms with Crippen LogP contribution in [0.25, 0.3) is 10.1 Å². The van der Waals surface area contributed by atoms with Gasteiger partial charge in [-0.05, 0) is 36.5 Å². The molecular weight excluding hydrogens is 276 g/mol. The SMILES string of the molecule is CCNCc1sc2ccccc2c1CN(C)CC(C)CC. The van der Waals surface area contributed by atoms with E-state index in [2.05, 4.69) is 62.3 Å². The van der Waals surface area contributed by atoms with Gasteiger partial charge in [-0.25, -0.2) is 0 Å². The molecule has 1 heterocycles. The van der Waals surface area contributed by atoms with Gasteiger partial charge in [0.25, 0.3) is 0 Å². The predicted octanol–water partition coefficient (Wildman–Crippen LogP) is 4.49. The van der Waals surface area contributed by atoms with Crippen LogP contribution in [0.3, 0.4) is 0 Å². The minimum absolute atomic E-state index is 0.761. The van der Waals surface area contributed by atoms with E-state index in [1.165, 1.54) is 33.5 Å². The molecule has 0 bridgehead atoms. The first-order valence-electron chi connectivity index (χ1n) is 8.04. The molecule has 2 rings (SSSR count). The fourth-order valence-corrected chi connectivity index (χ4v) is 3.88. The Kier molecular flexibility index (Phi) is 6.22. The molecule has 0 fully saturated rings. The molecule has 1 atom stereocenters. The van der Waals surface area contributed by atoms with Crippen LogP contribution in [0.1, 0.15) is 37.6 Å². The minimum atomic E-state index is 0.761. The van der Waals surface area contributed by atoms with Gasteiger partial charge in [-0.3, -0.25) is 0 Å². The van der Waals surface area contributed by atoms with E-state index in [0.717, 1.165) is 25.6 Å². The largest absolute Gasteiger partial charge is 0.312 e. The highest BCUT2D eigenvalue weighted by Crippen LogP contribution is 2.32. The second kappa shape index (κ2) is 7.92. The first kappa shape index (κ1) is 16.5. The molecule has 1 aromatic heterocycles. The monoisotopic (exact) mass is 304 g/mol. The van der Waals surface area contributed by atoms with E-state index < -0.39 is 0 Å². The number of hydrogen-bond donors (Lipinski definition) is 1. The highest BCUT2D eigenvalue weighted by Gasteiger charge is 2.14. The average Bonchev–Trinajstić information content (AvgIpc) is 2.83. The summed E-state index contributed by atoms with van der Waals surface area (Å²) in [6, 6.07) is 8.81. The summed E-state index contributed by atoms with van der Waals surface area (Å²) in [5, 5.41) is 4.92. The smallest absolute Gasteiger partial charge is 0.0349 e. The van der Waals surface area contributed by atoms with Crippen LogP contribution in [-0.4, -0.2) is 25.0 Å². The molecule has 2 nitrogen and oxygen atoms in total. The van der Waals surface area contributed by atoms with Gasteiger partial charge >= 0.3 is 0 Å². The van der Waals surface area contributed by atoms with Crippen LogP contribution in [0, 0.1) is 5.92 Å². The Balaban J connectivity index is 2.22. The fourth-order valence-electron chi connectivity index (χ4n) is 2.70. The molecule has 0 aliphatic carbocycles. The van der Waals surface area contributed by atoms with Gasteiger partial charge in [0.05, 0.1) is 0 Å². The van der Waals surface area contributed by atoms with E-state index in [-0.39, 0.29) is 0 Å². The lowest BCUT2D eigenvalue weighted by atomic mass is 10.1. The molecule has 1 unspecified atom stereocenters. The number of fused-ring (bicyclic) bond motifs is 1. The molecule has 0 aliphatic heterocycles. The van der Waals surface area contributed by atoms with Crippen LogP contribution in [-0.2, 0) is 13.1 Å². The van der Waals surface area contributed by atoms with Gasteiger partial charge in [-0.15, -0.1) is 11.3 Å². The molecule has 3 heteroatoms. The third-order valence-corrected chi connectivity index (χ3v) is 5.28. The molecule has 0 saturated heterocycles. The molecule has 0 spiro atoms. The van der Waals surface area contributed by atoms with Crippen molar-refractivity contribution in [3.63, 3.8) is 0 Å². The van der Waals surface area contributed by atoms with Gasteiger partial charge < -0.3 is 10.2 Å². The van der Waals surface area contributed by atoms with E-state index in [0.29, 0.717) is 0 Å². The van der Waals surface area contributed by atoms with Crippen molar-refractivity contribution in [3.8, 4) is 0 Å². The highest BCUT2D eigenvalue weighted by atomic mass is 32.1. The lowest BCUT2D eigenvalue weighted by Gasteiger charge is -2.21. The molecule has 0 radical (unpaired) electrons. The van der Waals surface area contributed by atoms with Crippen molar-refractivity contribution in [2.75, 3.05) is 20.1 Å². The Morgan fingerprint density at radius 1 is 1.24 bits per heavy atom. The summed E-state index contributed by atoms with van der Waals surface area (Å²) in [4.78, 5) is 3.96. The topological polar surface area (TPSA) is 15.3 Å². The Hall–Kier alpha value is -0.900. The summed E-state index contributed by atoms with van der Waals surface area (Å²) in [5.41, 5.74) is 1.52. The zero-order valence-corrected chi connectivity index (χ0v) is 14.6. The second-order valence-electron chi connectivity index (χ2n) is 5.99. The number of nitrogens with zero attached hydrogens (tertiary/aromatic N) is 1. The highest BCUT2D eigenvalue weighted by molar-refractivity contribution is 7.19. The Labute approximate surface area is 133 Å². The maximum atomic E-state index is 3.48. The Morgan fingerprint density at radius 3 is 2.71 bits per heavy atom. The van der Waals surface area contributed by atoms with Crippen LogP contribution in [0.2, 0.25) is 0 Å². The van der Waals surface area contributed by atoms with Crippen LogP contribution < -0.4 is 5.32 Å². The average molecular weight is 305 g/mol. The first-order valence-corrected chi connectivity index (χ1v) is 8.85. The van der Waals surface area contributed by atoms with Crippen molar-refractivity contribution < 1.29 is 0 Å². The van der Waals surface area contributed by atoms with Gasteiger partial charge in [0.1, 0.15) is 0 Å². The second-order valence-corrected chi connectivity index (χ2v) is 7.13. The zero-order valence-electron chi connectivity index (χ0n) is 13.8. The molecule has 21 heavy (non-hydrogen) atoms. The number of thiophene rings is 1. The maximum absolute atomic E-state index is 3.48. The van der Waals surface area contributed by atoms with Gasteiger partial charge in [-0.2, -0.15) is 0 Å². The summed E-state index contributed by atoms with van der Waals surface area (Å²) >= 11 is 1.94. The first-order chi connectivity index (χ1) is 10.2. The van der Waals surface area contributed by atoms with Gasteiger partial charge in [0, 0.05) is 29.2 Å². The van der Waals surface area contributed by atoms with E-state index in [9.17, 15) is 0 Å². The number of nitrogens with one attached hydrogen (secondary N) is 1. The summed E-state index contributed by atoms with van der Waals surface area (Å²) in [7, 11) is 2.25. The van der Waals surface area contributed by atoms with Crippen molar-refractivity contribution in [2.45, 2.75) is 40.3 Å². The zero-order chi connectivity index (χ0) is 15.2. The van der Waals surface area contributed by atoms with E-state index in [1.54, 1.807) is 0 Å². The van der Waals surface area contributed by atoms with Crippen molar-refractivity contribution >= 4 is 21.4 Å². The lowest BCUT2D eigenvalue weighted by Crippen LogP contribution is -2.24. The fraction of sp³-hybridized carbons (Fsp3) is 0.556. The summed E-state index contributed by atoms with van der Waals surface area (Å²) in [6.45, 7) is 11.0. The number of benzene rings is 1. The summed E-state index contributed by atoms with van der Waals surface area (Å²) in [6.07, 6.45) is 1.25. The van der Waals surface area contributed by atoms with Gasteiger partial charge in [0.15, 0.2) is 0 Å². The van der Waals surface area contributed by atoms with E-state index in [4.69, 9.17) is 0 Å². The van der Waals surface area contributed by atoms with E-state index >= 15 is 0 Å². The van der Waals surface area contributed by atoms with Crippen LogP contribution in [0.5, 0.6) is 0 Å². The number of hydrogen-bond acceptors (Lipinski definition) is 3. The summed E-state index contributed by atoms with van der Waals surface area (Å²) < 4.78 is 1.41. The van der Waals surface area contributed by atoms with Gasteiger partial charge in [0.2, 0.25) is 0 Å². The molecule has 0 saturated carbocycles. The molecule has 0 amide bonds. The van der Waals surface area contributed by atoms with Crippen LogP contribution in [0.4, 0.5) is 0 Å². The normalized spacial score (nSPS) is 13.2. The Morgan fingerprint density at radius 2 is 2.00 bits per heavy atom. The van der Waals surface area contributed by atoms with Crippen molar-refractivity contribution in [1.29, 1.82) is 0 Å². The molecular formula is C18H28N2S. The quantitative estimate of drug-likeness (QED) is 0.773. The molecule has 116 valence electrons. The minimum Gasteiger partial charge on any atom is -0.312 e. The lowest BCUT2D eigenvalue weighted by molar-refractivity contribution is 0.275. The van der Waals surface area contributed by atoms with E-state index in [1.807, 2.05) is 11.3 Å². The van der Waals surface area contributed by atoms with Crippen molar-refractivity contribution in [3.05, 3.63) is 34.7 Å². The number of rotatable bonds is 8. The molecule has 2 aromatic rings. The Bertz CT molecular complexity index is 561. The van der Waals surface area contributed by atoms with Crippen LogP contribution >= 0.6 is 11.3 Å². The van der Waals surface area contributed by atoms with Crippen molar-refractivity contribution in [2.24, 2.45) is 5.92 Å². The standard InChI is InChI=1S/C18H28N2S/c1-5-14(3)12-20(4)13-16-15-9-7-8-10-17(15)21-18(16)11-19-6-2/h7-10,14,19H,5-6,11-13H2,1-4H3. The maximum Gasteiger partial charge on any atom is 0.0349 e. The molecule has 1 N–H and O–H groups in total. The predicted molar refractivity (Wildman–Crippen MR) is 95.0 cm³/mol. The van der Waals surface area contributed by atoms with Gasteiger partial charge in [-0.1, -0.05) is 45.4 Å².